The average Bonchev–Trinajstić information content (AvgIpc) is 2.48. The van der Waals surface area contributed by atoms with Gasteiger partial charge in [0.2, 0.25) is 0 Å². The molecule has 1 aromatic rings. The monoisotopic (exact) mass is 261 g/mol. The summed E-state index contributed by atoms with van der Waals surface area (Å²) in [5, 5.41) is 8.61. The first kappa shape index (κ1) is 14.0. The van der Waals surface area contributed by atoms with E-state index in [2.05, 4.69) is 0 Å². The highest BCUT2D eigenvalue weighted by molar-refractivity contribution is 6.62. The Morgan fingerprint density at radius 2 is 1.79 bits per heavy atom. The van der Waals surface area contributed by atoms with E-state index in [-0.39, 0.29) is 6.42 Å². The third kappa shape index (κ3) is 2.51. The second-order valence-corrected chi connectivity index (χ2v) is 5.78. The third-order valence-electron chi connectivity index (χ3n) is 3.86. The van der Waals surface area contributed by atoms with E-state index < -0.39 is 24.1 Å². The smallest absolute Gasteiger partial charge is 0.399 e. The van der Waals surface area contributed by atoms with E-state index in [1.807, 2.05) is 33.8 Å². The van der Waals surface area contributed by atoms with Crippen molar-refractivity contribution in [3.63, 3.8) is 0 Å². The Morgan fingerprint density at radius 1 is 1.21 bits per heavy atom. The minimum atomic E-state index is -0.707. The Labute approximate surface area is 113 Å². The molecule has 0 bridgehead atoms. The molecule has 5 heteroatoms. The van der Waals surface area contributed by atoms with E-state index in [1.54, 1.807) is 12.1 Å². The van der Waals surface area contributed by atoms with Crippen molar-refractivity contribution in [2.75, 3.05) is 0 Å². The van der Waals surface area contributed by atoms with Gasteiger partial charge in [-0.05, 0) is 39.3 Å². The lowest BCUT2D eigenvalue weighted by Crippen LogP contribution is -2.41. The van der Waals surface area contributed by atoms with Crippen LogP contribution in [-0.2, 0) is 15.7 Å². The van der Waals surface area contributed by atoms with Crippen LogP contribution in [0.4, 0.5) is 4.39 Å². The van der Waals surface area contributed by atoms with Crippen LogP contribution in [0.5, 0.6) is 0 Å². The van der Waals surface area contributed by atoms with Crippen LogP contribution in [0.25, 0.3) is 0 Å². The maximum Gasteiger partial charge on any atom is 0.497 e. The first-order valence-corrected chi connectivity index (χ1v) is 6.28. The molecule has 1 aliphatic heterocycles. The second-order valence-electron chi connectivity index (χ2n) is 5.78. The van der Waals surface area contributed by atoms with Gasteiger partial charge in [-0.1, -0.05) is 12.1 Å². The molecule has 2 rings (SSSR count). The number of benzene rings is 1. The van der Waals surface area contributed by atoms with Gasteiger partial charge in [0.15, 0.2) is 0 Å². The summed E-state index contributed by atoms with van der Waals surface area (Å²) in [4.78, 5) is 0. The molecule has 0 N–H and O–H groups in total. The first-order valence-electron chi connectivity index (χ1n) is 6.28. The van der Waals surface area contributed by atoms with E-state index in [0.29, 0.717) is 11.0 Å². The van der Waals surface area contributed by atoms with Crippen molar-refractivity contribution < 1.29 is 13.7 Å². The number of nitrogens with zero attached hydrogens (tertiary/aromatic N) is 1. The van der Waals surface area contributed by atoms with Crippen LogP contribution in [0, 0.1) is 17.1 Å². The van der Waals surface area contributed by atoms with Gasteiger partial charge in [0.25, 0.3) is 0 Å². The molecule has 0 unspecified atom stereocenters. The van der Waals surface area contributed by atoms with Crippen molar-refractivity contribution in [1.82, 2.24) is 0 Å². The number of hydrogen-bond acceptors (Lipinski definition) is 3. The van der Waals surface area contributed by atoms with Gasteiger partial charge in [0, 0.05) is 5.46 Å². The molecule has 0 atom stereocenters. The molecule has 1 fully saturated rings. The van der Waals surface area contributed by atoms with E-state index in [0.717, 1.165) is 0 Å². The van der Waals surface area contributed by atoms with Gasteiger partial charge in [0.05, 0.1) is 23.7 Å². The molecule has 0 amide bonds. The van der Waals surface area contributed by atoms with Crippen LogP contribution >= 0.6 is 0 Å². The lowest BCUT2D eigenvalue weighted by Gasteiger charge is -2.32. The van der Waals surface area contributed by atoms with E-state index in [4.69, 9.17) is 14.6 Å². The fourth-order valence-electron chi connectivity index (χ4n) is 1.93. The SMILES string of the molecule is CC1(C)OB(c2ccc(CC#N)cc2F)OC1(C)C. The maximum absolute atomic E-state index is 14.1. The molecular formula is C14H17BFNO2. The zero-order valence-corrected chi connectivity index (χ0v) is 11.7. The molecule has 1 heterocycles. The summed E-state index contributed by atoms with van der Waals surface area (Å²) in [7, 11) is -0.707. The van der Waals surface area contributed by atoms with Crippen molar-refractivity contribution in [2.24, 2.45) is 0 Å². The summed E-state index contributed by atoms with van der Waals surface area (Å²) in [5.41, 5.74) is 0.0471. The zero-order valence-electron chi connectivity index (χ0n) is 11.7. The number of nitriles is 1. The molecule has 0 saturated carbocycles. The van der Waals surface area contributed by atoms with E-state index >= 15 is 0 Å². The summed E-state index contributed by atoms with van der Waals surface area (Å²) in [6, 6.07) is 6.72. The van der Waals surface area contributed by atoms with Crippen molar-refractivity contribution in [3.05, 3.63) is 29.6 Å². The van der Waals surface area contributed by atoms with Crippen LogP contribution in [-0.4, -0.2) is 18.3 Å². The second kappa shape index (κ2) is 4.62. The lowest BCUT2D eigenvalue weighted by atomic mass is 9.78. The van der Waals surface area contributed by atoms with E-state index in [9.17, 15) is 4.39 Å². The average molecular weight is 261 g/mol. The Balaban J connectivity index is 2.28. The normalized spacial score (nSPS) is 20.3. The third-order valence-corrected chi connectivity index (χ3v) is 3.86. The highest BCUT2D eigenvalue weighted by Gasteiger charge is 2.52. The predicted octanol–water partition coefficient (Wildman–Crippen LogP) is 2.19. The van der Waals surface area contributed by atoms with Gasteiger partial charge in [-0.25, -0.2) is 4.39 Å². The molecule has 100 valence electrons. The summed E-state index contributed by atoms with van der Waals surface area (Å²) in [6.45, 7) is 7.70. The molecule has 0 aromatic heterocycles. The molecule has 1 aliphatic rings. The van der Waals surface area contributed by atoms with Crippen molar-refractivity contribution in [1.29, 1.82) is 5.26 Å². The zero-order chi connectivity index (χ0) is 14.3. The molecule has 3 nitrogen and oxygen atoms in total. The van der Waals surface area contributed by atoms with Gasteiger partial charge in [0.1, 0.15) is 5.82 Å². The van der Waals surface area contributed by atoms with E-state index in [1.165, 1.54) is 6.07 Å². The minimum absolute atomic E-state index is 0.195. The molecule has 0 aliphatic carbocycles. The van der Waals surface area contributed by atoms with Gasteiger partial charge < -0.3 is 9.31 Å². The molecule has 1 saturated heterocycles. The molecule has 0 radical (unpaired) electrons. The summed E-state index contributed by atoms with van der Waals surface area (Å²) >= 11 is 0. The highest BCUT2D eigenvalue weighted by atomic mass is 19.1. The minimum Gasteiger partial charge on any atom is -0.399 e. The lowest BCUT2D eigenvalue weighted by molar-refractivity contribution is 0.00578. The Morgan fingerprint density at radius 3 is 2.26 bits per heavy atom. The number of halogens is 1. The Hall–Kier alpha value is -1.38. The quantitative estimate of drug-likeness (QED) is 0.766. The standard InChI is InChI=1S/C14H17BFNO2/c1-13(2)14(3,4)19-15(18-13)11-6-5-10(7-8-17)9-12(11)16/h5-6,9H,7H2,1-4H3. The highest BCUT2D eigenvalue weighted by Crippen LogP contribution is 2.36. The van der Waals surface area contributed by atoms with Crippen LogP contribution in [0.1, 0.15) is 33.3 Å². The maximum atomic E-state index is 14.1. The largest absolute Gasteiger partial charge is 0.497 e. The predicted molar refractivity (Wildman–Crippen MR) is 71.4 cm³/mol. The summed E-state index contributed by atoms with van der Waals surface area (Å²) < 4.78 is 25.7. The molecule has 1 aromatic carbocycles. The first-order chi connectivity index (χ1) is 8.77. The summed E-state index contributed by atoms with van der Waals surface area (Å²) in [6.07, 6.45) is 0.195. The van der Waals surface area contributed by atoms with Crippen LogP contribution in [0.2, 0.25) is 0 Å². The van der Waals surface area contributed by atoms with Gasteiger partial charge in [-0.15, -0.1) is 0 Å². The van der Waals surface area contributed by atoms with Crippen molar-refractivity contribution in [3.8, 4) is 6.07 Å². The summed E-state index contributed by atoms with van der Waals surface area (Å²) in [5.74, 6) is -0.397. The van der Waals surface area contributed by atoms with Crippen LogP contribution < -0.4 is 5.46 Å². The van der Waals surface area contributed by atoms with Gasteiger partial charge >= 0.3 is 7.12 Å². The number of hydrogen-bond donors (Lipinski definition) is 0. The fraction of sp³-hybridized carbons (Fsp3) is 0.500. The van der Waals surface area contributed by atoms with Crippen molar-refractivity contribution >= 4 is 12.6 Å². The Kier molecular flexibility index (Phi) is 3.42. The molecular weight excluding hydrogens is 244 g/mol. The topological polar surface area (TPSA) is 42.2 Å². The van der Waals surface area contributed by atoms with Crippen LogP contribution in [0.3, 0.4) is 0 Å². The van der Waals surface area contributed by atoms with Crippen molar-refractivity contribution in [2.45, 2.75) is 45.3 Å². The van der Waals surface area contributed by atoms with Crippen LogP contribution in [0.15, 0.2) is 18.2 Å². The van der Waals surface area contributed by atoms with Gasteiger partial charge in [-0.2, -0.15) is 5.26 Å². The Bertz CT molecular complexity index is 521. The molecule has 19 heavy (non-hydrogen) atoms. The fourth-order valence-corrected chi connectivity index (χ4v) is 1.93. The molecule has 0 spiro atoms. The van der Waals surface area contributed by atoms with Gasteiger partial charge in [-0.3, -0.25) is 0 Å². The number of rotatable bonds is 2.